The molecule has 0 fully saturated rings. The highest BCUT2D eigenvalue weighted by atomic mass is 16.4. The normalized spacial score (nSPS) is 11.2. The van der Waals surface area contributed by atoms with Crippen LogP contribution < -0.4 is 0 Å². The van der Waals surface area contributed by atoms with Crippen LogP contribution in [0.1, 0.15) is 16.2 Å². The number of pyridine rings is 1. The maximum absolute atomic E-state index is 10.9. The number of hydrogen-bond acceptors (Lipinski definition) is 4. The van der Waals surface area contributed by atoms with Crippen molar-refractivity contribution in [2.45, 2.75) is 6.42 Å². The molecule has 0 bridgehead atoms. The highest BCUT2D eigenvalue weighted by Crippen LogP contribution is 2.07. The van der Waals surface area contributed by atoms with Gasteiger partial charge in [-0.3, -0.25) is 4.40 Å². The number of carboxylic acid groups (broad SMARTS) is 1. The summed E-state index contributed by atoms with van der Waals surface area (Å²) in [6.45, 7) is 0.845. The van der Waals surface area contributed by atoms with E-state index in [-0.39, 0.29) is 5.56 Å². The van der Waals surface area contributed by atoms with Crippen LogP contribution in [0.4, 0.5) is 0 Å². The molecule has 17 heavy (non-hydrogen) atoms. The summed E-state index contributed by atoms with van der Waals surface area (Å²) >= 11 is 0. The number of carbonyl (C=O) groups is 1. The molecule has 0 aliphatic heterocycles. The average Bonchev–Trinajstić information content (AvgIpc) is 2.68. The minimum absolute atomic E-state index is 0.239. The van der Waals surface area contributed by atoms with Gasteiger partial charge in [0.15, 0.2) is 5.65 Å². The first-order valence-corrected chi connectivity index (χ1v) is 5.29. The summed E-state index contributed by atoms with van der Waals surface area (Å²) < 4.78 is 1.73. The lowest BCUT2D eigenvalue weighted by Gasteiger charge is -2.07. The van der Waals surface area contributed by atoms with Gasteiger partial charge in [-0.1, -0.05) is 0 Å². The van der Waals surface area contributed by atoms with Crippen LogP contribution in [0.5, 0.6) is 0 Å². The van der Waals surface area contributed by atoms with E-state index in [9.17, 15) is 4.79 Å². The number of hydrogen-bond donors (Lipinski definition) is 1. The van der Waals surface area contributed by atoms with Gasteiger partial charge in [-0.25, -0.2) is 4.79 Å². The number of rotatable bonds is 4. The van der Waals surface area contributed by atoms with E-state index in [2.05, 4.69) is 10.2 Å². The van der Waals surface area contributed by atoms with Crippen LogP contribution in [0.3, 0.4) is 0 Å². The Kier molecular flexibility index (Phi) is 3.06. The van der Waals surface area contributed by atoms with Crippen LogP contribution in [0.2, 0.25) is 0 Å². The molecule has 0 saturated carbocycles. The Morgan fingerprint density at radius 2 is 2.18 bits per heavy atom. The summed E-state index contributed by atoms with van der Waals surface area (Å²) in [6, 6.07) is 3.19. The van der Waals surface area contributed by atoms with E-state index in [0.29, 0.717) is 5.65 Å². The minimum Gasteiger partial charge on any atom is -0.478 e. The zero-order chi connectivity index (χ0) is 12.4. The Morgan fingerprint density at radius 1 is 1.41 bits per heavy atom. The van der Waals surface area contributed by atoms with Crippen molar-refractivity contribution in [3.63, 3.8) is 0 Å². The maximum Gasteiger partial charge on any atom is 0.337 e. The number of likely N-dealkylation sites (N-methyl/N-ethyl adjacent to an activating group) is 1. The molecule has 1 N–H and O–H groups in total. The highest BCUT2D eigenvalue weighted by Gasteiger charge is 2.09. The molecule has 0 atom stereocenters. The van der Waals surface area contributed by atoms with Gasteiger partial charge < -0.3 is 10.0 Å². The summed E-state index contributed by atoms with van der Waals surface area (Å²) in [4.78, 5) is 12.9. The van der Waals surface area contributed by atoms with Crippen molar-refractivity contribution in [3.8, 4) is 0 Å². The lowest BCUT2D eigenvalue weighted by molar-refractivity contribution is 0.0696. The van der Waals surface area contributed by atoms with Gasteiger partial charge in [-0.2, -0.15) is 0 Å². The highest BCUT2D eigenvalue weighted by molar-refractivity contribution is 5.87. The van der Waals surface area contributed by atoms with Gasteiger partial charge in [0, 0.05) is 19.2 Å². The van der Waals surface area contributed by atoms with Gasteiger partial charge in [-0.05, 0) is 26.2 Å². The Morgan fingerprint density at radius 3 is 2.82 bits per heavy atom. The minimum atomic E-state index is -0.945. The zero-order valence-electron chi connectivity index (χ0n) is 9.79. The molecular formula is C11H14N4O2. The van der Waals surface area contributed by atoms with Gasteiger partial charge in [0.25, 0.3) is 0 Å². The molecule has 2 rings (SSSR count). The van der Waals surface area contributed by atoms with Crippen molar-refractivity contribution in [3.05, 3.63) is 29.7 Å². The molecule has 6 heteroatoms. The first-order valence-electron chi connectivity index (χ1n) is 5.29. The predicted octanol–water partition coefficient (Wildman–Crippen LogP) is 0.532. The molecule has 0 radical (unpaired) electrons. The van der Waals surface area contributed by atoms with E-state index in [1.807, 2.05) is 19.0 Å². The SMILES string of the molecule is CN(C)CCc1nnc2ccc(C(=O)O)cn12. The lowest BCUT2D eigenvalue weighted by Crippen LogP contribution is -2.16. The van der Waals surface area contributed by atoms with Gasteiger partial charge in [-0.15, -0.1) is 10.2 Å². The molecule has 0 aliphatic rings. The average molecular weight is 234 g/mol. The van der Waals surface area contributed by atoms with Gasteiger partial charge in [0.2, 0.25) is 0 Å². The van der Waals surface area contributed by atoms with Crippen molar-refractivity contribution in [2.75, 3.05) is 20.6 Å². The number of nitrogens with zero attached hydrogens (tertiary/aromatic N) is 4. The van der Waals surface area contributed by atoms with Crippen LogP contribution >= 0.6 is 0 Å². The monoisotopic (exact) mass is 234 g/mol. The molecule has 2 heterocycles. The van der Waals surface area contributed by atoms with Crippen LogP contribution in [0.25, 0.3) is 5.65 Å². The second kappa shape index (κ2) is 4.50. The molecule has 0 saturated heterocycles. The van der Waals surface area contributed by atoms with Gasteiger partial charge in [0.1, 0.15) is 5.82 Å². The molecule has 2 aromatic rings. The van der Waals surface area contributed by atoms with E-state index < -0.39 is 5.97 Å². The van der Waals surface area contributed by atoms with Gasteiger partial charge in [0.05, 0.1) is 5.56 Å². The fourth-order valence-corrected chi connectivity index (χ4v) is 1.56. The first-order chi connectivity index (χ1) is 8.08. The maximum atomic E-state index is 10.9. The van der Waals surface area contributed by atoms with E-state index in [4.69, 9.17) is 5.11 Å². The third-order valence-corrected chi connectivity index (χ3v) is 2.50. The summed E-state index contributed by atoms with van der Waals surface area (Å²) in [5, 5.41) is 17.0. The molecular weight excluding hydrogens is 220 g/mol. The number of aromatic nitrogens is 3. The van der Waals surface area contributed by atoms with Crippen molar-refractivity contribution in [2.24, 2.45) is 0 Å². The van der Waals surface area contributed by atoms with Crippen LogP contribution in [-0.4, -0.2) is 51.2 Å². The molecule has 6 nitrogen and oxygen atoms in total. The van der Waals surface area contributed by atoms with E-state index in [0.717, 1.165) is 18.8 Å². The quantitative estimate of drug-likeness (QED) is 0.835. The van der Waals surface area contributed by atoms with Crippen molar-refractivity contribution < 1.29 is 9.90 Å². The molecule has 0 unspecified atom stereocenters. The Labute approximate surface area is 98.5 Å². The summed E-state index contributed by atoms with van der Waals surface area (Å²) in [5.74, 6) is -0.170. The number of carboxylic acids is 1. The van der Waals surface area contributed by atoms with E-state index in [1.54, 1.807) is 16.7 Å². The Balaban J connectivity index is 2.36. The molecule has 0 aromatic carbocycles. The smallest absolute Gasteiger partial charge is 0.337 e. The molecule has 2 aromatic heterocycles. The first kappa shape index (κ1) is 11.5. The molecule has 0 aliphatic carbocycles. The Hall–Kier alpha value is -1.95. The molecule has 0 amide bonds. The fourth-order valence-electron chi connectivity index (χ4n) is 1.56. The topological polar surface area (TPSA) is 70.7 Å². The standard InChI is InChI=1S/C11H14N4O2/c1-14(2)6-5-10-13-12-9-4-3-8(11(16)17)7-15(9)10/h3-4,7H,5-6H2,1-2H3,(H,16,17). The predicted molar refractivity (Wildman–Crippen MR) is 62.2 cm³/mol. The summed E-state index contributed by atoms with van der Waals surface area (Å²) in [5.41, 5.74) is 0.909. The molecule has 0 spiro atoms. The lowest BCUT2D eigenvalue weighted by atomic mass is 10.3. The zero-order valence-corrected chi connectivity index (χ0v) is 9.79. The Bertz CT molecular complexity index is 547. The van der Waals surface area contributed by atoms with Crippen molar-refractivity contribution in [1.29, 1.82) is 0 Å². The fraction of sp³-hybridized carbons (Fsp3) is 0.364. The number of fused-ring (bicyclic) bond motifs is 1. The van der Waals surface area contributed by atoms with Crippen LogP contribution in [0.15, 0.2) is 18.3 Å². The number of aromatic carboxylic acids is 1. The van der Waals surface area contributed by atoms with E-state index >= 15 is 0 Å². The largest absolute Gasteiger partial charge is 0.478 e. The second-order valence-electron chi connectivity index (χ2n) is 4.12. The van der Waals surface area contributed by atoms with E-state index in [1.165, 1.54) is 6.07 Å². The third kappa shape index (κ3) is 2.42. The summed E-state index contributed by atoms with van der Waals surface area (Å²) in [6.07, 6.45) is 2.29. The van der Waals surface area contributed by atoms with Crippen molar-refractivity contribution in [1.82, 2.24) is 19.5 Å². The second-order valence-corrected chi connectivity index (χ2v) is 4.12. The molecule has 90 valence electrons. The van der Waals surface area contributed by atoms with Gasteiger partial charge >= 0.3 is 5.97 Å². The third-order valence-electron chi connectivity index (χ3n) is 2.50. The van der Waals surface area contributed by atoms with Crippen LogP contribution in [0, 0.1) is 0 Å². The van der Waals surface area contributed by atoms with Crippen LogP contribution in [-0.2, 0) is 6.42 Å². The summed E-state index contributed by atoms with van der Waals surface area (Å²) in [7, 11) is 3.96. The van der Waals surface area contributed by atoms with Crippen molar-refractivity contribution >= 4 is 11.6 Å².